The zero-order valence-corrected chi connectivity index (χ0v) is 12.1. The first kappa shape index (κ1) is 14.3. The highest BCUT2D eigenvalue weighted by atomic mass is 32.2. The first-order valence-corrected chi connectivity index (χ1v) is 7.35. The van der Waals surface area contributed by atoms with Gasteiger partial charge < -0.3 is 4.42 Å². The summed E-state index contributed by atoms with van der Waals surface area (Å²) in [5.74, 6) is 0.175. The smallest absolute Gasteiger partial charge is 0.281 e. The SMILES string of the molecule is Cc1ccnc(S(=O)(=O)NC(=O)c2cc(C)oc2C)c1. The molecule has 2 heterocycles. The van der Waals surface area contributed by atoms with E-state index in [1.807, 2.05) is 4.72 Å². The van der Waals surface area contributed by atoms with Gasteiger partial charge in [0.1, 0.15) is 11.5 Å². The molecular formula is C13H14N2O4S. The van der Waals surface area contributed by atoms with Gasteiger partial charge in [0.25, 0.3) is 15.9 Å². The topological polar surface area (TPSA) is 89.3 Å². The summed E-state index contributed by atoms with van der Waals surface area (Å²) in [4.78, 5) is 15.7. The lowest BCUT2D eigenvalue weighted by atomic mass is 10.2. The Morgan fingerprint density at radius 1 is 1.25 bits per heavy atom. The Hall–Kier alpha value is -2.15. The van der Waals surface area contributed by atoms with Gasteiger partial charge in [0.05, 0.1) is 5.56 Å². The Labute approximate surface area is 116 Å². The maximum Gasteiger partial charge on any atom is 0.281 e. The van der Waals surface area contributed by atoms with Gasteiger partial charge in [-0.1, -0.05) is 0 Å². The Morgan fingerprint density at radius 2 is 1.95 bits per heavy atom. The molecule has 2 rings (SSSR count). The number of nitrogens with zero attached hydrogens (tertiary/aromatic N) is 1. The highest BCUT2D eigenvalue weighted by Crippen LogP contribution is 2.15. The minimum absolute atomic E-state index is 0.191. The predicted octanol–water partition coefficient (Wildman–Crippen LogP) is 1.72. The van der Waals surface area contributed by atoms with Crippen molar-refractivity contribution in [1.29, 1.82) is 0 Å². The fraction of sp³-hybridized carbons (Fsp3) is 0.231. The standard InChI is InChI=1S/C13H14N2O4S/c1-8-4-5-14-12(6-8)20(17,18)15-13(16)11-7-9(2)19-10(11)3/h4-7H,1-3H3,(H,15,16). The van der Waals surface area contributed by atoms with E-state index in [1.54, 1.807) is 26.8 Å². The number of nitrogens with one attached hydrogen (secondary N) is 1. The maximum absolute atomic E-state index is 12.1. The number of amides is 1. The third kappa shape index (κ3) is 2.88. The summed E-state index contributed by atoms with van der Waals surface area (Å²) in [7, 11) is -3.99. The first-order valence-electron chi connectivity index (χ1n) is 5.86. The molecule has 6 nitrogen and oxygen atoms in total. The van der Waals surface area contributed by atoms with Crippen molar-refractivity contribution >= 4 is 15.9 Å². The fourth-order valence-electron chi connectivity index (χ4n) is 1.74. The molecule has 2 aromatic rings. The van der Waals surface area contributed by atoms with Crippen LogP contribution in [0.4, 0.5) is 0 Å². The van der Waals surface area contributed by atoms with E-state index in [4.69, 9.17) is 4.42 Å². The largest absolute Gasteiger partial charge is 0.466 e. The summed E-state index contributed by atoms with van der Waals surface area (Å²) in [5, 5.41) is -0.191. The molecule has 0 unspecified atom stereocenters. The lowest BCUT2D eigenvalue weighted by Gasteiger charge is -2.06. The monoisotopic (exact) mass is 294 g/mol. The van der Waals surface area contributed by atoms with Crippen molar-refractivity contribution in [2.24, 2.45) is 0 Å². The molecule has 0 saturated heterocycles. The molecule has 2 aromatic heterocycles. The van der Waals surface area contributed by atoms with E-state index in [0.717, 1.165) is 5.56 Å². The van der Waals surface area contributed by atoms with E-state index in [9.17, 15) is 13.2 Å². The zero-order valence-electron chi connectivity index (χ0n) is 11.3. The van der Waals surface area contributed by atoms with Gasteiger partial charge in [-0.3, -0.25) is 4.79 Å². The minimum atomic E-state index is -3.99. The van der Waals surface area contributed by atoms with Crippen LogP contribution in [0.5, 0.6) is 0 Å². The number of carbonyl (C=O) groups is 1. The number of hydrogen-bond donors (Lipinski definition) is 1. The van der Waals surface area contributed by atoms with Crippen LogP contribution in [-0.2, 0) is 10.0 Å². The molecule has 1 N–H and O–H groups in total. The van der Waals surface area contributed by atoms with E-state index in [1.165, 1.54) is 18.3 Å². The Balaban J connectivity index is 2.29. The molecule has 106 valence electrons. The van der Waals surface area contributed by atoms with Crippen LogP contribution in [0.1, 0.15) is 27.4 Å². The predicted molar refractivity (Wildman–Crippen MR) is 71.8 cm³/mol. The molecule has 20 heavy (non-hydrogen) atoms. The number of carbonyl (C=O) groups excluding carboxylic acids is 1. The van der Waals surface area contributed by atoms with Gasteiger partial charge >= 0.3 is 0 Å². The summed E-state index contributed by atoms with van der Waals surface area (Å²) in [6.45, 7) is 5.02. The molecule has 0 aromatic carbocycles. The second-order valence-electron chi connectivity index (χ2n) is 4.43. The van der Waals surface area contributed by atoms with Gasteiger partial charge in [0.15, 0.2) is 5.03 Å². The van der Waals surface area contributed by atoms with Crippen LogP contribution in [0.3, 0.4) is 0 Å². The van der Waals surface area contributed by atoms with Crippen molar-refractivity contribution in [2.45, 2.75) is 25.8 Å². The van der Waals surface area contributed by atoms with Gasteiger partial charge in [-0.25, -0.2) is 9.71 Å². The minimum Gasteiger partial charge on any atom is -0.466 e. The summed E-state index contributed by atoms with van der Waals surface area (Å²) in [5.41, 5.74) is 0.932. The van der Waals surface area contributed by atoms with E-state index < -0.39 is 15.9 Å². The Bertz CT molecular complexity index is 762. The molecule has 0 saturated carbocycles. The number of hydrogen-bond acceptors (Lipinski definition) is 5. The lowest BCUT2D eigenvalue weighted by Crippen LogP contribution is -2.31. The van der Waals surface area contributed by atoms with E-state index >= 15 is 0 Å². The molecule has 0 fully saturated rings. The van der Waals surface area contributed by atoms with Crippen molar-refractivity contribution in [1.82, 2.24) is 9.71 Å². The molecule has 0 atom stereocenters. The van der Waals surface area contributed by atoms with Crippen LogP contribution in [-0.4, -0.2) is 19.3 Å². The quantitative estimate of drug-likeness (QED) is 0.931. The molecule has 0 spiro atoms. The van der Waals surface area contributed by atoms with Gasteiger partial charge in [0, 0.05) is 6.20 Å². The summed E-state index contributed by atoms with van der Waals surface area (Å²) in [6.07, 6.45) is 1.38. The first-order chi connectivity index (χ1) is 9.29. The molecule has 0 aliphatic carbocycles. The van der Waals surface area contributed by atoms with Gasteiger partial charge in [-0.15, -0.1) is 0 Å². The van der Waals surface area contributed by atoms with Crippen LogP contribution in [0.15, 0.2) is 33.8 Å². The number of sulfonamides is 1. The number of rotatable bonds is 3. The Morgan fingerprint density at radius 3 is 2.50 bits per heavy atom. The van der Waals surface area contributed by atoms with Crippen LogP contribution in [0, 0.1) is 20.8 Å². The van der Waals surface area contributed by atoms with Crippen molar-refractivity contribution in [2.75, 3.05) is 0 Å². The molecule has 7 heteroatoms. The van der Waals surface area contributed by atoms with Crippen molar-refractivity contribution in [3.8, 4) is 0 Å². The average Bonchev–Trinajstić information content (AvgIpc) is 2.68. The molecular weight excluding hydrogens is 280 g/mol. The van der Waals surface area contributed by atoms with E-state index in [-0.39, 0.29) is 10.6 Å². The zero-order chi connectivity index (χ0) is 14.9. The summed E-state index contributed by atoms with van der Waals surface area (Å²) < 4.78 is 31.3. The number of aromatic nitrogens is 1. The maximum atomic E-state index is 12.1. The van der Waals surface area contributed by atoms with Crippen molar-refractivity contribution < 1.29 is 17.6 Å². The van der Waals surface area contributed by atoms with Crippen molar-refractivity contribution in [3.05, 3.63) is 47.0 Å². The molecule has 0 aliphatic rings. The summed E-state index contributed by atoms with van der Waals surface area (Å²) in [6, 6.07) is 4.55. The van der Waals surface area contributed by atoms with Crippen LogP contribution in [0.2, 0.25) is 0 Å². The van der Waals surface area contributed by atoms with E-state index in [2.05, 4.69) is 4.98 Å². The third-order valence-corrected chi connectivity index (χ3v) is 3.91. The van der Waals surface area contributed by atoms with Gasteiger partial charge in [-0.05, 0) is 44.5 Å². The van der Waals surface area contributed by atoms with Crippen molar-refractivity contribution in [3.63, 3.8) is 0 Å². The van der Waals surface area contributed by atoms with E-state index in [0.29, 0.717) is 11.5 Å². The normalized spacial score (nSPS) is 11.3. The number of furan rings is 1. The second-order valence-corrected chi connectivity index (χ2v) is 6.06. The van der Waals surface area contributed by atoms with Gasteiger partial charge in [-0.2, -0.15) is 8.42 Å². The highest BCUT2D eigenvalue weighted by Gasteiger charge is 2.22. The second kappa shape index (κ2) is 5.09. The third-order valence-electron chi connectivity index (χ3n) is 2.68. The molecule has 1 amide bonds. The Kier molecular flexibility index (Phi) is 3.63. The van der Waals surface area contributed by atoms with Crippen LogP contribution in [0.25, 0.3) is 0 Å². The van der Waals surface area contributed by atoms with Gasteiger partial charge in [0.2, 0.25) is 0 Å². The average molecular weight is 294 g/mol. The van der Waals surface area contributed by atoms with Crippen LogP contribution < -0.4 is 4.72 Å². The fourth-order valence-corrected chi connectivity index (χ4v) is 2.74. The molecule has 0 radical (unpaired) electrons. The lowest BCUT2D eigenvalue weighted by molar-refractivity contribution is 0.0980. The highest BCUT2D eigenvalue weighted by molar-refractivity contribution is 7.90. The summed E-state index contributed by atoms with van der Waals surface area (Å²) >= 11 is 0. The number of pyridine rings is 1. The van der Waals surface area contributed by atoms with Crippen LogP contribution >= 0.6 is 0 Å². The molecule has 0 aliphatic heterocycles. The molecule has 0 bridgehead atoms. The number of aryl methyl sites for hydroxylation is 3.